The molecule has 0 N–H and O–H groups in total. The van der Waals surface area contributed by atoms with Crippen molar-refractivity contribution in [2.75, 3.05) is 39.6 Å². The van der Waals surface area contributed by atoms with Crippen molar-refractivity contribution >= 4 is 17.6 Å². The van der Waals surface area contributed by atoms with Gasteiger partial charge >= 0.3 is 17.6 Å². The Labute approximate surface area is 227 Å². The van der Waals surface area contributed by atoms with Gasteiger partial charge < -0.3 is 26.6 Å². The first kappa shape index (κ1) is 36.2. The molecule has 0 fully saturated rings. The van der Waals surface area contributed by atoms with Crippen molar-refractivity contribution in [2.24, 2.45) is 0 Å². The zero-order valence-electron chi connectivity index (χ0n) is 25.2. The van der Waals surface area contributed by atoms with E-state index in [0.717, 1.165) is 89.9 Å². The van der Waals surface area contributed by atoms with Crippen LogP contribution in [0.15, 0.2) is 0 Å². The second kappa shape index (κ2) is 24.2. The molecule has 0 aliphatic carbocycles. The largest absolute Gasteiger partial charge is 0.508 e. The summed E-state index contributed by atoms with van der Waals surface area (Å²) in [5, 5.41) is -0.105. The predicted molar refractivity (Wildman–Crippen MR) is 155 cm³/mol. The second-order valence-electron chi connectivity index (χ2n) is 9.76. The van der Waals surface area contributed by atoms with Crippen LogP contribution < -0.4 is 0 Å². The highest BCUT2D eigenvalue weighted by Crippen LogP contribution is 2.41. The highest BCUT2D eigenvalue weighted by atomic mass is 28.5. The van der Waals surface area contributed by atoms with E-state index in [0.29, 0.717) is 39.6 Å². The van der Waals surface area contributed by atoms with Crippen LogP contribution in [0.4, 0.5) is 0 Å². The molecule has 0 aromatic rings. The van der Waals surface area contributed by atoms with Gasteiger partial charge in [0.25, 0.3) is 0 Å². The van der Waals surface area contributed by atoms with Gasteiger partial charge in [-0.1, -0.05) is 93.4 Å². The molecule has 0 heterocycles. The van der Waals surface area contributed by atoms with Gasteiger partial charge in [0.2, 0.25) is 0 Å². The average molecular weight is 551 g/mol. The third-order valence-electron chi connectivity index (χ3n) is 6.24. The van der Waals surface area contributed by atoms with Crippen LogP contribution in [-0.2, 0) is 26.6 Å². The van der Waals surface area contributed by atoms with Crippen LogP contribution >= 0.6 is 0 Å². The van der Waals surface area contributed by atoms with E-state index < -0.39 is 17.6 Å². The van der Waals surface area contributed by atoms with E-state index in [9.17, 15) is 0 Å². The zero-order chi connectivity index (χ0) is 27.0. The fraction of sp³-hybridized carbons (Fsp3) is 1.00. The van der Waals surface area contributed by atoms with E-state index in [1.54, 1.807) is 0 Å². The normalized spacial score (nSPS) is 12.7. The molecule has 0 aliphatic rings. The SMILES string of the molecule is CCCCO[Si](OCCCC)(OCCCC)C(CCC)[Si](OCCCC)(OCCCC)OCCCC. The molecular weight excluding hydrogens is 488 g/mol. The van der Waals surface area contributed by atoms with Gasteiger partial charge in [-0.25, -0.2) is 0 Å². The van der Waals surface area contributed by atoms with E-state index in [-0.39, 0.29) is 5.16 Å². The molecule has 0 saturated heterocycles. The summed E-state index contributed by atoms with van der Waals surface area (Å²) in [7, 11) is -6.37. The van der Waals surface area contributed by atoms with Crippen LogP contribution in [-0.4, -0.2) is 57.3 Å². The first-order chi connectivity index (χ1) is 17.6. The third kappa shape index (κ3) is 14.4. The van der Waals surface area contributed by atoms with Crippen molar-refractivity contribution in [3.63, 3.8) is 0 Å². The minimum absolute atomic E-state index is 0.105. The van der Waals surface area contributed by atoms with Crippen molar-refractivity contribution < 1.29 is 26.6 Å². The van der Waals surface area contributed by atoms with Crippen LogP contribution in [0, 0.1) is 0 Å². The van der Waals surface area contributed by atoms with Gasteiger partial charge in [0, 0.05) is 39.6 Å². The summed E-state index contributed by atoms with van der Waals surface area (Å²) in [4.78, 5) is 0. The molecule has 0 radical (unpaired) electrons. The minimum atomic E-state index is -3.19. The third-order valence-corrected chi connectivity index (χ3v) is 14.3. The maximum atomic E-state index is 6.79. The Morgan fingerprint density at radius 1 is 0.361 bits per heavy atom. The zero-order valence-corrected chi connectivity index (χ0v) is 27.2. The van der Waals surface area contributed by atoms with Crippen molar-refractivity contribution in [2.45, 2.75) is 144 Å². The first-order valence-electron chi connectivity index (χ1n) is 15.4. The Morgan fingerprint density at radius 3 is 0.750 bits per heavy atom. The van der Waals surface area contributed by atoms with Crippen molar-refractivity contribution in [3.05, 3.63) is 0 Å². The standard InChI is InChI=1S/C28H62O6Si2/c1-8-15-22-29-35(30-23-16-9-2,31-24-17-10-3)28(21-14-7)36(32-25-18-11-4,33-26-19-12-5)34-27-20-13-6/h28H,8-27H2,1-7H3. The quantitative estimate of drug-likeness (QED) is 0.0719. The summed E-state index contributed by atoms with van der Waals surface area (Å²) in [6.45, 7) is 19.3. The van der Waals surface area contributed by atoms with Gasteiger partial charge in [0.1, 0.15) is 0 Å². The van der Waals surface area contributed by atoms with E-state index in [1.807, 2.05) is 0 Å². The molecule has 0 rings (SSSR count). The van der Waals surface area contributed by atoms with Gasteiger partial charge in [-0.3, -0.25) is 0 Å². The molecule has 0 aliphatic heterocycles. The lowest BCUT2D eigenvalue weighted by Gasteiger charge is -2.43. The van der Waals surface area contributed by atoms with Gasteiger partial charge in [0.05, 0.1) is 5.16 Å². The highest BCUT2D eigenvalue weighted by molar-refractivity contribution is 6.82. The van der Waals surface area contributed by atoms with Crippen LogP contribution in [0.2, 0.25) is 5.16 Å². The fourth-order valence-corrected chi connectivity index (χ4v) is 12.7. The molecule has 0 spiro atoms. The highest BCUT2D eigenvalue weighted by Gasteiger charge is 2.65. The first-order valence-corrected chi connectivity index (χ1v) is 19.0. The minimum Gasteiger partial charge on any atom is -0.373 e. The molecule has 0 saturated carbocycles. The Kier molecular flexibility index (Phi) is 24.4. The number of unbranched alkanes of at least 4 members (excludes halogenated alkanes) is 6. The van der Waals surface area contributed by atoms with Gasteiger partial charge in [0.15, 0.2) is 0 Å². The van der Waals surface area contributed by atoms with E-state index in [4.69, 9.17) is 26.6 Å². The molecule has 0 aromatic heterocycles. The van der Waals surface area contributed by atoms with E-state index in [2.05, 4.69) is 48.5 Å². The molecule has 0 aromatic carbocycles. The molecule has 0 amide bonds. The van der Waals surface area contributed by atoms with Gasteiger partial charge in [-0.15, -0.1) is 0 Å². The van der Waals surface area contributed by atoms with Crippen LogP contribution in [0.1, 0.15) is 138 Å². The summed E-state index contributed by atoms with van der Waals surface area (Å²) in [6.07, 6.45) is 14.2. The maximum Gasteiger partial charge on any atom is 0.508 e. The number of hydrogen-bond acceptors (Lipinski definition) is 6. The van der Waals surface area contributed by atoms with Crippen molar-refractivity contribution in [3.8, 4) is 0 Å². The van der Waals surface area contributed by atoms with E-state index in [1.165, 1.54) is 0 Å². The molecule has 8 heteroatoms. The fourth-order valence-electron chi connectivity index (χ4n) is 3.86. The van der Waals surface area contributed by atoms with Crippen LogP contribution in [0.25, 0.3) is 0 Å². The van der Waals surface area contributed by atoms with Gasteiger partial charge in [-0.2, -0.15) is 0 Å². The molecule has 6 nitrogen and oxygen atoms in total. The molecule has 0 atom stereocenters. The van der Waals surface area contributed by atoms with Crippen molar-refractivity contribution in [1.29, 1.82) is 0 Å². The van der Waals surface area contributed by atoms with Crippen LogP contribution in [0.3, 0.4) is 0 Å². The lowest BCUT2D eigenvalue weighted by Crippen LogP contribution is -2.64. The summed E-state index contributed by atoms with van der Waals surface area (Å²) < 4.78 is 40.8. The maximum absolute atomic E-state index is 6.79. The monoisotopic (exact) mass is 550 g/mol. The summed E-state index contributed by atoms with van der Waals surface area (Å²) in [5.41, 5.74) is 0. The Bertz CT molecular complexity index is 378. The average Bonchev–Trinajstić information content (AvgIpc) is 2.87. The Morgan fingerprint density at radius 2 is 0.583 bits per heavy atom. The van der Waals surface area contributed by atoms with Crippen molar-refractivity contribution in [1.82, 2.24) is 0 Å². The lowest BCUT2D eigenvalue weighted by atomic mass is 10.4. The Hall–Kier alpha value is 0.194. The smallest absolute Gasteiger partial charge is 0.373 e. The molecule has 0 unspecified atom stereocenters. The molecule has 36 heavy (non-hydrogen) atoms. The summed E-state index contributed by atoms with van der Waals surface area (Å²) in [6, 6.07) is 0. The summed E-state index contributed by atoms with van der Waals surface area (Å²) >= 11 is 0. The second-order valence-corrected chi connectivity index (χ2v) is 15.9. The topological polar surface area (TPSA) is 55.4 Å². The molecular formula is C28H62O6Si2. The van der Waals surface area contributed by atoms with Gasteiger partial charge in [-0.05, 0) is 44.9 Å². The lowest BCUT2D eigenvalue weighted by molar-refractivity contribution is 0.0181. The predicted octanol–water partition coefficient (Wildman–Crippen LogP) is 8.47. The number of hydrogen-bond donors (Lipinski definition) is 0. The van der Waals surface area contributed by atoms with Crippen LogP contribution in [0.5, 0.6) is 0 Å². The summed E-state index contributed by atoms with van der Waals surface area (Å²) in [5.74, 6) is 0. The molecule has 0 bridgehead atoms. The number of rotatable bonds is 28. The van der Waals surface area contributed by atoms with E-state index >= 15 is 0 Å². The molecule has 218 valence electrons. The Balaban J connectivity index is 6.58.